The van der Waals surface area contributed by atoms with Crippen molar-refractivity contribution < 1.29 is 9.84 Å². The van der Waals surface area contributed by atoms with E-state index in [9.17, 15) is 5.11 Å². The molecular weight excluding hydrogens is 202 g/mol. The minimum atomic E-state index is -0.140. The first-order valence-electron chi connectivity index (χ1n) is 5.84. The summed E-state index contributed by atoms with van der Waals surface area (Å²) in [4.78, 5) is 2.24. The summed E-state index contributed by atoms with van der Waals surface area (Å²) in [5.41, 5.74) is 1.22. The smallest absolute Gasteiger partial charge is 0.119 e. The Bertz CT molecular complexity index is 340. The maximum Gasteiger partial charge on any atom is 0.119 e. The molecule has 1 aromatic carbocycles. The first-order chi connectivity index (χ1) is 7.74. The zero-order valence-corrected chi connectivity index (χ0v) is 9.72. The Morgan fingerprint density at radius 1 is 1.50 bits per heavy atom. The number of β-amino-alcohol motifs (C(OH)–C–C–N with tert-alkyl or cyclic N) is 1. The molecule has 3 heteroatoms. The maximum atomic E-state index is 9.37. The summed E-state index contributed by atoms with van der Waals surface area (Å²) in [6, 6.07) is 8.08. The molecule has 1 aliphatic heterocycles. The predicted octanol–water partition coefficient (Wildman–Crippen LogP) is 1.44. The van der Waals surface area contributed by atoms with Crippen LogP contribution in [0.2, 0.25) is 0 Å². The number of hydrogen-bond donors (Lipinski definition) is 1. The first kappa shape index (κ1) is 11.4. The molecule has 0 spiro atoms. The van der Waals surface area contributed by atoms with Gasteiger partial charge in [0.2, 0.25) is 0 Å². The molecule has 0 amide bonds. The molecule has 1 aromatic rings. The van der Waals surface area contributed by atoms with Gasteiger partial charge in [-0.25, -0.2) is 0 Å². The number of hydrogen-bond acceptors (Lipinski definition) is 3. The number of aryl methyl sites for hydroxylation is 1. The molecule has 0 aliphatic carbocycles. The van der Waals surface area contributed by atoms with Gasteiger partial charge in [0.25, 0.3) is 0 Å². The van der Waals surface area contributed by atoms with Gasteiger partial charge in [-0.1, -0.05) is 12.1 Å². The molecule has 1 fully saturated rings. The molecule has 88 valence electrons. The highest BCUT2D eigenvalue weighted by molar-refractivity contribution is 5.27. The van der Waals surface area contributed by atoms with Crippen LogP contribution in [0.4, 0.5) is 0 Å². The Morgan fingerprint density at radius 2 is 2.38 bits per heavy atom. The Morgan fingerprint density at radius 3 is 3.06 bits per heavy atom. The van der Waals surface area contributed by atoms with E-state index in [-0.39, 0.29) is 6.10 Å². The molecular formula is C13H19NO2. The average Bonchev–Trinajstić information content (AvgIpc) is 2.64. The number of rotatable bonds is 4. The second-order valence-corrected chi connectivity index (χ2v) is 4.41. The number of ether oxygens (including phenoxy) is 1. The van der Waals surface area contributed by atoms with Crippen molar-refractivity contribution in [2.75, 3.05) is 26.2 Å². The van der Waals surface area contributed by atoms with E-state index < -0.39 is 0 Å². The average molecular weight is 221 g/mol. The molecule has 0 saturated carbocycles. The van der Waals surface area contributed by atoms with Crippen LogP contribution in [0.15, 0.2) is 24.3 Å². The molecule has 0 bridgehead atoms. The topological polar surface area (TPSA) is 32.7 Å². The summed E-state index contributed by atoms with van der Waals surface area (Å²) >= 11 is 0. The molecule has 1 aliphatic rings. The first-order valence-corrected chi connectivity index (χ1v) is 5.84. The Hall–Kier alpha value is -1.06. The lowest BCUT2D eigenvalue weighted by atomic mass is 10.2. The van der Waals surface area contributed by atoms with Gasteiger partial charge in [-0.3, -0.25) is 4.90 Å². The van der Waals surface area contributed by atoms with E-state index in [1.54, 1.807) is 0 Å². The van der Waals surface area contributed by atoms with Crippen molar-refractivity contribution in [3.63, 3.8) is 0 Å². The highest BCUT2D eigenvalue weighted by Gasteiger charge is 2.19. The number of benzene rings is 1. The molecule has 0 radical (unpaired) electrons. The van der Waals surface area contributed by atoms with Crippen LogP contribution >= 0.6 is 0 Å². The van der Waals surface area contributed by atoms with Crippen LogP contribution in [-0.2, 0) is 0 Å². The van der Waals surface area contributed by atoms with E-state index in [4.69, 9.17) is 4.74 Å². The summed E-state index contributed by atoms with van der Waals surface area (Å²) in [6.45, 7) is 5.42. The largest absolute Gasteiger partial charge is 0.492 e. The number of aliphatic hydroxyl groups is 1. The third-order valence-electron chi connectivity index (χ3n) is 2.91. The van der Waals surface area contributed by atoms with Crippen LogP contribution in [0.1, 0.15) is 12.0 Å². The molecule has 3 nitrogen and oxygen atoms in total. The quantitative estimate of drug-likeness (QED) is 0.835. The number of likely N-dealkylation sites (tertiary alicyclic amines) is 1. The zero-order chi connectivity index (χ0) is 11.4. The van der Waals surface area contributed by atoms with Crippen molar-refractivity contribution in [1.82, 2.24) is 4.90 Å². The van der Waals surface area contributed by atoms with Gasteiger partial charge in [-0.15, -0.1) is 0 Å². The van der Waals surface area contributed by atoms with Gasteiger partial charge in [0, 0.05) is 19.6 Å². The molecule has 1 N–H and O–H groups in total. The van der Waals surface area contributed by atoms with Gasteiger partial charge >= 0.3 is 0 Å². The molecule has 1 atom stereocenters. The summed E-state index contributed by atoms with van der Waals surface area (Å²) < 4.78 is 5.66. The van der Waals surface area contributed by atoms with E-state index >= 15 is 0 Å². The zero-order valence-electron chi connectivity index (χ0n) is 9.72. The van der Waals surface area contributed by atoms with Gasteiger partial charge in [-0.05, 0) is 31.0 Å². The Kier molecular flexibility index (Phi) is 3.80. The van der Waals surface area contributed by atoms with E-state index in [0.717, 1.165) is 31.8 Å². The monoisotopic (exact) mass is 221 g/mol. The molecule has 0 aromatic heterocycles. The maximum absolute atomic E-state index is 9.37. The highest BCUT2D eigenvalue weighted by Crippen LogP contribution is 2.13. The van der Waals surface area contributed by atoms with Crippen molar-refractivity contribution in [3.8, 4) is 5.75 Å². The van der Waals surface area contributed by atoms with E-state index in [2.05, 4.69) is 17.9 Å². The standard InChI is InChI=1S/C13H19NO2/c1-11-3-2-4-13(9-11)16-8-7-14-6-5-12(15)10-14/h2-4,9,12,15H,5-8,10H2,1H3/t12-/m1/s1. The summed E-state index contributed by atoms with van der Waals surface area (Å²) in [5, 5.41) is 9.37. The van der Waals surface area contributed by atoms with Gasteiger partial charge < -0.3 is 9.84 Å². The van der Waals surface area contributed by atoms with Gasteiger partial charge in [0.05, 0.1) is 6.10 Å². The second-order valence-electron chi connectivity index (χ2n) is 4.41. The fourth-order valence-corrected chi connectivity index (χ4v) is 2.01. The minimum Gasteiger partial charge on any atom is -0.492 e. The van der Waals surface area contributed by atoms with Crippen molar-refractivity contribution in [2.45, 2.75) is 19.4 Å². The second kappa shape index (κ2) is 5.32. The van der Waals surface area contributed by atoms with Crippen LogP contribution in [-0.4, -0.2) is 42.4 Å². The van der Waals surface area contributed by atoms with Crippen LogP contribution < -0.4 is 4.74 Å². The minimum absolute atomic E-state index is 0.140. The Labute approximate surface area is 96.6 Å². The lowest BCUT2D eigenvalue weighted by molar-refractivity contribution is 0.167. The molecule has 1 saturated heterocycles. The van der Waals surface area contributed by atoms with E-state index in [0.29, 0.717) is 6.61 Å². The number of aliphatic hydroxyl groups excluding tert-OH is 1. The van der Waals surface area contributed by atoms with Crippen molar-refractivity contribution in [2.24, 2.45) is 0 Å². The SMILES string of the molecule is Cc1cccc(OCCN2CC[C@@H](O)C2)c1. The predicted molar refractivity (Wildman–Crippen MR) is 63.7 cm³/mol. The molecule has 16 heavy (non-hydrogen) atoms. The van der Waals surface area contributed by atoms with Crippen LogP contribution in [0.3, 0.4) is 0 Å². The van der Waals surface area contributed by atoms with Crippen LogP contribution in [0.5, 0.6) is 5.75 Å². The lowest BCUT2D eigenvalue weighted by Gasteiger charge is -2.15. The van der Waals surface area contributed by atoms with Crippen molar-refractivity contribution >= 4 is 0 Å². The van der Waals surface area contributed by atoms with Gasteiger partial charge in [-0.2, -0.15) is 0 Å². The molecule has 0 unspecified atom stereocenters. The third kappa shape index (κ3) is 3.22. The van der Waals surface area contributed by atoms with Gasteiger partial charge in [0.1, 0.15) is 12.4 Å². The van der Waals surface area contributed by atoms with Crippen LogP contribution in [0, 0.1) is 6.92 Å². The molecule has 2 rings (SSSR count). The van der Waals surface area contributed by atoms with Crippen LogP contribution in [0.25, 0.3) is 0 Å². The summed E-state index contributed by atoms with van der Waals surface area (Å²) in [5.74, 6) is 0.930. The summed E-state index contributed by atoms with van der Waals surface area (Å²) in [7, 11) is 0. The summed E-state index contributed by atoms with van der Waals surface area (Å²) in [6.07, 6.45) is 0.753. The fourth-order valence-electron chi connectivity index (χ4n) is 2.01. The Balaban J connectivity index is 1.72. The third-order valence-corrected chi connectivity index (χ3v) is 2.91. The van der Waals surface area contributed by atoms with Crippen molar-refractivity contribution in [3.05, 3.63) is 29.8 Å². The van der Waals surface area contributed by atoms with E-state index in [1.807, 2.05) is 18.2 Å². The lowest BCUT2D eigenvalue weighted by Crippen LogP contribution is -2.27. The fraction of sp³-hybridized carbons (Fsp3) is 0.538. The van der Waals surface area contributed by atoms with Gasteiger partial charge in [0.15, 0.2) is 0 Å². The number of nitrogens with zero attached hydrogens (tertiary/aromatic N) is 1. The molecule has 1 heterocycles. The normalized spacial score (nSPS) is 21.2. The highest BCUT2D eigenvalue weighted by atomic mass is 16.5. The van der Waals surface area contributed by atoms with Crippen molar-refractivity contribution in [1.29, 1.82) is 0 Å². The van der Waals surface area contributed by atoms with E-state index in [1.165, 1.54) is 5.56 Å².